The first kappa shape index (κ1) is 16.0. The number of carbonyl (C=O) groups is 1. The number of likely N-dealkylation sites (tertiary alicyclic amines) is 1. The molecule has 0 spiro atoms. The van der Waals surface area contributed by atoms with E-state index in [1.807, 2.05) is 30.8 Å². The third-order valence-electron chi connectivity index (χ3n) is 3.94. The van der Waals surface area contributed by atoms with Gasteiger partial charge in [-0.15, -0.1) is 0 Å². The molecular weight excluding hydrogens is 286 g/mol. The smallest absolute Gasteiger partial charge is 0.267 e. The van der Waals surface area contributed by atoms with E-state index in [4.69, 9.17) is 5.73 Å². The topological polar surface area (TPSA) is 74.5 Å². The summed E-state index contributed by atoms with van der Waals surface area (Å²) in [5, 5.41) is 4.00. The number of carbonyl (C=O) groups excluding carboxylic acids is 1. The van der Waals surface area contributed by atoms with Crippen molar-refractivity contribution in [2.45, 2.75) is 19.8 Å². The fourth-order valence-corrected chi connectivity index (χ4v) is 3.60. The maximum atomic E-state index is 12.7. The molecule has 1 fully saturated rings. The second kappa shape index (κ2) is 7.09. The first-order chi connectivity index (χ1) is 10.1. The van der Waals surface area contributed by atoms with Gasteiger partial charge in [0.05, 0.1) is 0 Å². The van der Waals surface area contributed by atoms with Crippen molar-refractivity contribution in [2.24, 2.45) is 5.92 Å². The Morgan fingerprint density at radius 3 is 3.05 bits per heavy atom. The Labute approximate surface area is 130 Å². The number of nitrogens with one attached hydrogen (secondary N) is 1. The molecule has 2 heterocycles. The van der Waals surface area contributed by atoms with Crippen LogP contribution in [0.1, 0.15) is 29.4 Å². The molecular formula is C14H25N5OS. The first-order valence-electron chi connectivity index (χ1n) is 7.48. The highest BCUT2D eigenvalue weighted by Crippen LogP contribution is 2.29. The van der Waals surface area contributed by atoms with E-state index < -0.39 is 0 Å². The summed E-state index contributed by atoms with van der Waals surface area (Å²) >= 11 is 1.39. The Kier molecular flexibility index (Phi) is 5.41. The molecule has 1 amide bonds. The van der Waals surface area contributed by atoms with Crippen molar-refractivity contribution < 1.29 is 4.79 Å². The molecule has 0 aliphatic carbocycles. The summed E-state index contributed by atoms with van der Waals surface area (Å²) in [6, 6.07) is 0. The van der Waals surface area contributed by atoms with E-state index >= 15 is 0 Å². The van der Waals surface area contributed by atoms with Gasteiger partial charge in [-0.1, -0.05) is 11.3 Å². The third-order valence-corrected chi connectivity index (χ3v) is 5.11. The molecule has 1 aliphatic heterocycles. The highest BCUT2D eigenvalue weighted by atomic mass is 32.1. The Morgan fingerprint density at radius 1 is 1.62 bits per heavy atom. The average molecular weight is 311 g/mol. The molecule has 0 aromatic carbocycles. The van der Waals surface area contributed by atoms with Crippen molar-refractivity contribution in [3.05, 3.63) is 4.88 Å². The highest BCUT2D eigenvalue weighted by Gasteiger charge is 2.27. The van der Waals surface area contributed by atoms with Gasteiger partial charge in [-0.3, -0.25) is 4.79 Å². The van der Waals surface area contributed by atoms with Crippen molar-refractivity contribution in [1.82, 2.24) is 15.2 Å². The molecule has 1 atom stereocenters. The Hall–Kier alpha value is -1.34. The van der Waals surface area contributed by atoms with Gasteiger partial charge in [-0.05, 0) is 39.3 Å². The summed E-state index contributed by atoms with van der Waals surface area (Å²) in [7, 11) is 3.91. The number of rotatable bonds is 5. The zero-order valence-electron chi connectivity index (χ0n) is 13.1. The van der Waals surface area contributed by atoms with Crippen molar-refractivity contribution in [1.29, 1.82) is 0 Å². The molecule has 0 bridgehead atoms. The quantitative estimate of drug-likeness (QED) is 0.856. The van der Waals surface area contributed by atoms with Gasteiger partial charge >= 0.3 is 0 Å². The van der Waals surface area contributed by atoms with E-state index in [-0.39, 0.29) is 5.91 Å². The number of piperidine rings is 1. The van der Waals surface area contributed by atoms with Crippen LogP contribution in [0.2, 0.25) is 0 Å². The van der Waals surface area contributed by atoms with Crippen LogP contribution in [0.15, 0.2) is 0 Å². The summed E-state index contributed by atoms with van der Waals surface area (Å²) in [5.41, 5.74) is 5.95. The molecule has 21 heavy (non-hydrogen) atoms. The van der Waals surface area contributed by atoms with E-state index in [0.29, 0.717) is 16.6 Å². The number of nitrogens with two attached hydrogens (primary N) is 1. The van der Waals surface area contributed by atoms with Crippen LogP contribution in [-0.2, 0) is 0 Å². The van der Waals surface area contributed by atoms with Crippen LogP contribution in [0.4, 0.5) is 10.9 Å². The molecule has 2 rings (SSSR count). The second-order valence-electron chi connectivity index (χ2n) is 5.54. The predicted octanol–water partition coefficient (Wildman–Crippen LogP) is 1.25. The molecule has 1 aromatic rings. The van der Waals surface area contributed by atoms with Gasteiger partial charge in [0, 0.05) is 26.7 Å². The summed E-state index contributed by atoms with van der Waals surface area (Å²) in [4.78, 5) is 21.5. The van der Waals surface area contributed by atoms with Gasteiger partial charge in [0.2, 0.25) is 0 Å². The van der Waals surface area contributed by atoms with E-state index in [2.05, 4.69) is 10.3 Å². The largest absolute Gasteiger partial charge is 0.382 e. The van der Waals surface area contributed by atoms with Crippen molar-refractivity contribution in [3.8, 4) is 0 Å². The van der Waals surface area contributed by atoms with Crippen LogP contribution in [-0.4, -0.2) is 56.1 Å². The van der Waals surface area contributed by atoms with Crippen LogP contribution >= 0.6 is 11.3 Å². The van der Waals surface area contributed by atoms with Gasteiger partial charge < -0.3 is 20.9 Å². The fourth-order valence-electron chi connectivity index (χ4n) is 2.62. The summed E-state index contributed by atoms with van der Waals surface area (Å²) in [6.07, 6.45) is 2.23. The van der Waals surface area contributed by atoms with E-state index in [0.717, 1.165) is 37.7 Å². The zero-order valence-corrected chi connectivity index (χ0v) is 13.9. The van der Waals surface area contributed by atoms with Gasteiger partial charge in [0.25, 0.3) is 5.91 Å². The molecule has 3 N–H and O–H groups in total. The Balaban J connectivity index is 2.10. The summed E-state index contributed by atoms with van der Waals surface area (Å²) < 4.78 is 0. The lowest BCUT2D eigenvalue weighted by Gasteiger charge is -2.32. The van der Waals surface area contributed by atoms with Crippen molar-refractivity contribution >= 4 is 28.2 Å². The molecule has 1 aromatic heterocycles. The average Bonchev–Trinajstić information content (AvgIpc) is 2.88. The lowest BCUT2D eigenvalue weighted by Crippen LogP contribution is -2.42. The van der Waals surface area contributed by atoms with Crippen molar-refractivity contribution in [2.75, 3.05) is 50.9 Å². The van der Waals surface area contributed by atoms with E-state index in [1.165, 1.54) is 17.8 Å². The minimum absolute atomic E-state index is 0.0292. The molecule has 0 saturated carbocycles. The number of hydrogen-bond acceptors (Lipinski definition) is 6. The number of nitrogens with zero attached hydrogens (tertiary/aromatic N) is 3. The normalized spacial score (nSPS) is 18.8. The van der Waals surface area contributed by atoms with Crippen LogP contribution in [0.3, 0.4) is 0 Å². The van der Waals surface area contributed by atoms with Crippen LogP contribution in [0.5, 0.6) is 0 Å². The first-order valence-corrected chi connectivity index (χ1v) is 8.29. The standard InChI is InChI=1S/C14H25N5OS/c1-4-18(3)14-17-12(15)11(21-14)13(20)19-7-5-6-10(9-19)8-16-2/h10,16H,4-9,15H2,1-3H3. The minimum Gasteiger partial charge on any atom is -0.382 e. The van der Waals surface area contributed by atoms with Crippen LogP contribution in [0, 0.1) is 5.92 Å². The monoisotopic (exact) mass is 311 g/mol. The number of anilines is 2. The number of aromatic nitrogens is 1. The van der Waals surface area contributed by atoms with Crippen molar-refractivity contribution in [3.63, 3.8) is 0 Å². The summed E-state index contributed by atoms with van der Waals surface area (Å²) in [6.45, 7) is 5.46. The maximum Gasteiger partial charge on any atom is 0.267 e. The number of thiazole rings is 1. The highest BCUT2D eigenvalue weighted by molar-refractivity contribution is 7.18. The van der Waals surface area contributed by atoms with Gasteiger partial charge in [-0.25, -0.2) is 4.98 Å². The van der Waals surface area contributed by atoms with Gasteiger partial charge in [0.1, 0.15) is 10.7 Å². The molecule has 7 heteroatoms. The molecule has 1 unspecified atom stereocenters. The molecule has 6 nitrogen and oxygen atoms in total. The Morgan fingerprint density at radius 2 is 2.38 bits per heavy atom. The predicted molar refractivity (Wildman–Crippen MR) is 88.0 cm³/mol. The maximum absolute atomic E-state index is 12.7. The van der Waals surface area contributed by atoms with Gasteiger partial charge in [-0.2, -0.15) is 0 Å². The number of hydrogen-bond donors (Lipinski definition) is 2. The Bertz CT molecular complexity index is 488. The SMILES string of the molecule is CCN(C)c1nc(N)c(C(=O)N2CCCC(CNC)C2)s1. The molecule has 1 aliphatic rings. The van der Waals surface area contributed by atoms with Crippen LogP contribution in [0.25, 0.3) is 0 Å². The number of nitrogen functional groups attached to an aromatic ring is 1. The molecule has 118 valence electrons. The second-order valence-corrected chi connectivity index (χ2v) is 6.52. The molecule has 0 radical (unpaired) electrons. The zero-order chi connectivity index (χ0) is 15.4. The van der Waals surface area contributed by atoms with E-state index in [1.54, 1.807) is 0 Å². The fraction of sp³-hybridized carbons (Fsp3) is 0.714. The molecule has 1 saturated heterocycles. The summed E-state index contributed by atoms with van der Waals surface area (Å²) in [5.74, 6) is 0.914. The third kappa shape index (κ3) is 3.65. The lowest BCUT2D eigenvalue weighted by molar-refractivity contribution is 0.0680. The van der Waals surface area contributed by atoms with Gasteiger partial charge in [0.15, 0.2) is 5.13 Å². The lowest BCUT2D eigenvalue weighted by atomic mass is 9.98. The number of amides is 1. The minimum atomic E-state index is 0.0292. The van der Waals surface area contributed by atoms with E-state index in [9.17, 15) is 4.79 Å². The van der Waals surface area contributed by atoms with Crippen LogP contribution < -0.4 is 16.0 Å².